The topological polar surface area (TPSA) is 43.6 Å². The number of hydrogen-bond donors (Lipinski definition) is 0. The molecule has 52 heavy (non-hydrogen) atoms. The average molecular weight is 681 g/mol. The molecule has 5 heteroatoms. The van der Waals surface area contributed by atoms with Crippen LogP contribution in [0.1, 0.15) is 0 Å². The first-order chi connectivity index (χ1) is 25.8. The molecule has 0 aliphatic carbocycles. The Labute approximate surface area is 302 Å². The molecule has 0 spiro atoms. The second-order valence-corrected chi connectivity index (χ2v) is 14.2. The summed E-state index contributed by atoms with van der Waals surface area (Å²) in [6.07, 6.45) is 0. The van der Waals surface area contributed by atoms with Crippen molar-refractivity contribution in [2.45, 2.75) is 0 Å². The van der Waals surface area contributed by atoms with E-state index in [2.05, 4.69) is 114 Å². The van der Waals surface area contributed by atoms with Crippen molar-refractivity contribution < 1.29 is 0 Å². The summed E-state index contributed by atoms with van der Waals surface area (Å²) in [5.41, 5.74) is 6.36. The third-order valence-corrected chi connectivity index (χ3v) is 11.4. The van der Waals surface area contributed by atoms with Crippen LogP contribution in [-0.2, 0) is 0 Å². The van der Waals surface area contributed by atoms with Gasteiger partial charge < -0.3 is 4.57 Å². The molecule has 0 bridgehead atoms. The Morgan fingerprint density at radius 3 is 1.56 bits per heavy atom. The third-order valence-electron chi connectivity index (χ3n) is 10.2. The van der Waals surface area contributed by atoms with Crippen molar-refractivity contribution >= 4 is 74.9 Å². The lowest BCUT2D eigenvalue weighted by atomic mass is 9.96. The molecule has 0 aliphatic rings. The normalized spacial score (nSPS) is 11.8. The zero-order chi connectivity index (χ0) is 34.2. The van der Waals surface area contributed by atoms with Crippen molar-refractivity contribution in [3.8, 4) is 39.9 Å². The maximum atomic E-state index is 4.99. The Morgan fingerprint density at radius 2 is 0.904 bits per heavy atom. The van der Waals surface area contributed by atoms with E-state index in [0.29, 0.717) is 17.5 Å². The number of aromatic nitrogens is 4. The lowest BCUT2D eigenvalue weighted by Gasteiger charge is -2.12. The highest BCUT2D eigenvalue weighted by atomic mass is 32.1. The van der Waals surface area contributed by atoms with Crippen LogP contribution in [0.15, 0.2) is 170 Å². The van der Waals surface area contributed by atoms with Crippen molar-refractivity contribution in [1.82, 2.24) is 19.5 Å². The van der Waals surface area contributed by atoms with Gasteiger partial charge in [0.15, 0.2) is 17.5 Å². The zero-order valence-corrected chi connectivity index (χ0v) is 28.7. The molecule has 0 unspecified atom stereocenters. The lowest BCUT2D eigenvalue weighted by molar-refractivity contribution is 1.07. The molecule has 11 aromatic rings. The molecule has 0 aliphatic heterocycles. The standard InChI is InChI=1S/C47H28N4S/c1-3-14-30(15-4-1)45-48-46(31-16-5-2-6-17-31)50-47(49-45)32-23-26-33(27-24-32)51-38-22-12-11-21-37(38)40-35-19-9-10-20-36(35)42-41-34-18-8-7-13-29(34)25-28-39(41)52-44(42)43(40)51/h1-28H. The van der Waals surface area contributed by atoms with E-state index in [-0.39, 0.29) is 0 Å². The molecule has 8 aromatic carbocycles. The monoisotopic (exact) mass is 680 g/mol. The molecule has 3 aromatic heterocycles. The van der Waals surface area contributed by atoms with E-state index in [9.17, 15) is 0 Å². The highest BCUT2D eigenvalue weighted by Gasteiger charge is 2.22. The van der Waals surface area contributed by atoms with Gasteiger partial charge in [-0.15, -0.1) is 11.3 Å². The Bertz CT molecular complexity index is 3100. The van der Waals surface area contributed by atoms with E-state index < -0.39 is 0 Å². The molecule has 0 amide bonds. The van der Waals surface area contributed by atoms with Crippen LogP contribution >= 0.6 is 11.3 Å². The predicted octanol–water partition coefficient (Wildman–Crippen LogP) is 12.6. The van der Waals surface area contributed by atoms with Crippen LogP contribution < -0.4 is 0 Å². The molecule has 4 nitrogen and oxygen atoms in total. The number of fused-ring (bicyclic) bond motifs is 12. The fraction of sp³-hybridized carbons (Fsp3) is 0. The van der Waals surface area contributed by atoms with Gasteiger partial charge in [-0.3, -0.25) is 0 Å². The molecule has 0 atom stereocenters. The van der Waals surface area contributed by atoms with E-state index in [1.165, 1.54) is 63.5 Å². The van der Waals surface area contributed by atoms with Gasteiger partial charge in [0.05, 0.1) is 15.7 Å². The van der Waals surface area contributed by atoms with Crippen LogP contribution in [0.3, 0.4) is 0 Å². The number of para-hydroxylation sites is 1. The van der Waals surface area contributed by atoms with Crippen molar-refractivity contribution in [3.63, 3.8) is 0 Å². The largest absolute Gasteiger partial charge is 0.308 e. The van der Waals surface area contributed by atoms with Crippen molar-refractivity contribution in [2.24, 2.45) is 0 Å². The maximum Gasteiger partial charge on any atom is 0.164 e. The number of nitrogens with zero attached hydrogens (tertiary/aromatic N) is 4. The van der Waals surface area contributed by atoms with Crippen LogP contribution in [0.4, 0.5) is 0 Å². The van der Waals surface area contributed by atoms with E-state index in [1.54, 1.807) is 0 Å². The molecule has 11 rings (SSSR count). The number of rotatable bonds is 4. The Hall–Kier alpha value is -6.69. The Morgan fingerprint density at radius 1 is 0.385 bits per heavy atom. The van der Waals surface area contributed by atoms with E-state index in [4.69, 9.17) is 15.0 Å². The first-order valence-electron chi connectivity index (χ1n) is 17.5. The summed E-state index contributed by atoms with van der Waals surface area (Å²) in [6, 6.07) is 60.0. The van der Waals surface area contributed by atoms with Gasteiger partial charge in [-0.1, -0.05) is 133 Å². The lowest BCUT2D eigenvalue weighted by Crippen LogP contribution is -2.00. The van der Waals surface area contributed by atoms with Gasteiger partial charge in [0.25, 0.3) is 0 Å². The SMILES string of the molecule is c1ccc(-c2nc(-c3ccccc3)nc(-c3ccc(-n4c5ccccc5c5c6ccccc6c6c(sc7ccc8ccccc8c76)c54)cc3)n2)cc1. The molecule has 3 heterocycles. The Kier molecular flexibility index (Phi) is 6.39. The van der Waals surface area contributed by atoms with Crippen LogP contribution in [0.2, 0.25) is 0 Å². The van der Waals surface area contributed by atoms with Crippen LogP contribution in [0.5, 0.6) is 0 Å². The van der Waals surface area contributed by atoms with Crippen molar-refractivity contribution in [3.05, 3.63) is 170 Å². The van der Waals surface area contributed by atoms with Crippen molar-refractivity contribution in [2.75, 3.05) is 0 Å². The van der Waals surface area contributed by atoms with E-state index >= 15 is 0 Å². The van der Waals surface area contributed by atoms with Gasteiger partial charge in [-0.2, -0.15) is 0 Å². The molecule has 0 N–H and O–H groups in total. The molecule has 242 valence electrons. The molecule has 0 saturated carbocycles. The van der Waals surface area contributed by atoms with Crippen molar-refractivity contribution in [1.29, 1.82) is 0 Å². The van der Waals surface area contributed by atoms with E-state index in [0.717, 1.165) is 22.4 Å². The molecular formula is C47H28N4S. The van der Waals surface area contributed by atoms with Crippen LogP contribution in [0, 0.1) is 0 Å². The minimum atomic E-state index is 0.645. The highest BCUT2D eigenvalue weighted by molar-refractivity contribution is 7.27. The number of thiophene rings is 1. The summed E-state index contributed by atoms with van der Waals surface area (Å²) in [5.74, 6) is 1.95. The van der Waals surface area contributed by atoms with Gasteiger partial charge in [0.1, 0.15) is 0 Å². The van der Waals surface area contributed by atoms with Gasteiger partial charge in [-0.05, 0) is 57.9 Å². The smallest absolute Gasteiger partial charge is 0.164 e. The predicted molar refractivity (Wildman–Crippen MR) is 218 cm³/mol. The minimum Gasteiger partial charge on any atom is -0.308 e. The second-order valence-electron chi connectivity index (χ2n) is 13.2. The van der Waals surface area contributed by atoms with E-state index in [1.807, 2.05) is 72.0 Å². The molecule has 0 radical (unpaired) electrons. The number of hydrogen-bond acceptors (Lipinski definition) is 4. The molecule has 0 saturated heterocycles. The summed E-state index contributed by atoms with van der Waals surface area (Å²) in [7, 11) is 0. The fourth-order valence-corrected chi connectivity index (χ4v) is 9.18. The summed E-state index contributed by atoms with van der Waals surface area (Å²) < 4.78 is 5.06. The second kappa shape index (κ2) is 11.4. The van der Waals surface area contributed by atoms with Gasteiger partial charge >= 0.3 is 0 Å². The molecular weight excluding hydrogens is 653 g/mol. The zero-order valence-electron chi connectivity index (χ0n) is 27.9. The summed E-state index contributed by atoms with van der Waals surface area (Å²) in [5, 5.41) is 10.3. The van der Waals surface area contributed by atoms with Gasteiger partial charge in [-0.25, -0.2) is 15.0 Å². The minimum absolute atomic E-state index is 0.645. The first kappa shape index (κ1) is 29.1. The maximum absolute atomic E-state index is 4.99. The van der Waals surface area contributed by atoms with Gasteiger partial charge in [0.2, 0.25) is 0 Å². The summed E-state index contributed by atoms with van der Waals surface area (Å²) in [6.45, 7) is 0. The summed E-state index contributed by atoms with van der Waals surface area (Å²) >= 11 is 1.90. The van der Waals surface area contributed by atoms with Crippen LogP contribution in [-0.4, -0.2) is 19.5 Å². The fourth-order valence-electron chi connectivity index (χ4n) is 7.90. The molecule has 0 fully saturated rings. The van der Waals surface area contributed by atoms with Crippen LogP contribution in [0.25, 0.3) is 103 Å². The third kappa shape index (κ3) is 4.36. The quantitative estimate of drug-likeness (QED) is 0.186. The Balaban J connectivity index is 1.17. The van der Waals surface area contributed by atoms with Gasteiger partial charge in [0, 0.05) is 48.6 Å². The highest BCUT2D eigenvalue weighted by Crippen LogP contribution is 2.49. The average Bonchev–Trinajstić information content (AvgIpc) is 3.79. The first-order valence-corrected chi connectivity index (χ1v) is 18.3. The number of benzene rings is 8. The summed E-state index contributed by atoms with van der Waals surface area (Å²) in [4.78, 5) is 14.9.